The van der Waals surface area contributed by atoms with Gasteiger partial charge in [0, 0.05) is 38.6 Å². The van der Waals surface area contributed by atoms with Crippen LogP contribution in [-0.2, 0) is 6.54 Å². The zero-order valence-electron chi connectivity index (χ0n) is 15.8. The van der Waals surface area contributed by atoms with E-state index in [1.807, 2.05) is 29.2 Å². The monoisotopic (exact) mass is 471 g/mol. The predicted molar refractivity (Wildman–Crippen MR) is 118 cm³/mol. The standard InChI is InChI=1S/C19H29N5O.HI/c1-4-21-19(23-12-14-24-13-11-20-15-24)22-10-9-16(2)17-5-7-18(25-3)8-6-17;/h5-8,11,13,15-16H,4,9-10,12,14H2,1-3H3,(H2,21,22,23);1H. The fourth-order valence-corrected chi connectivity index (χ4v) is 2.53. The average Bonchev–Trinajstić information content (AvgIpc) is 3.15. The number of hydrogen-bond acceptors (Lipinski definition) is 3. The van der Waals surface area contributed by atoms with Crippen molar-refractivity contribution in [2.75, 3.05) is 26.7 Å². The Morgan fingerprint density at radius 2 is 2.04 bits per heavy atom. The summed E-state index contributed by atoms with van der Waals surface area (Å²) < 4.78 is 7.25. The van der Waals surface area contributed by atoms with E-state index in [1.54, 1.807) is 13.3 Å². The molecule has 0 aliphatic heterocycles. The van der Waals surface area contributed by atoms with Gasteiger partial charge in [0.2, 0.25) is 0 Å². The maximum Gasteiger partial charge on any atom is 0.191 e. The second-order valence-corrected chi connectivity index (χ2v) is 5.95. The first kappa shape index (κ1) is 22.3. The van der Waals surface area contributed by atoms with Crippen LogP contribution >= 0.6 is 24.0 Å². The summed E-state index contributed by atoms with van der Waals surface area (Å²) in [6, 6.07) is 8.28. The number of aromatic nitrogens is 2. The molecular weight excluding hydrogens is 441 g/mol. The van der Waals surface area contributed by atoms with Gasteiger partial charge in [-0.15, -0.1) is 24.0 Å². The number of rotatable bonds is 9. The summed E-state index contributed by atoms with van der Waals surface area (Å²) in [4.78, 5) is 8.72. The van der Waals surface area contributed by atoms with Gasteiger partial charge in [-0.25, -0.2) is 4.98 Å². The number of guanidine groups is 1. The Labute approximate surface area is 173 Å². The van der Waals surface area contributed by atoms with E-state index in [9.17, 15) is 0 Å². The van der Waals surface area contributed by atoms with Crippen molar-refractivity contribution >= 4 is 29.9 Å². The highest BCUT2D eigenvalue weighted by atomic mass is 127. The molecule has 1 heterocycles. The molecule has 7 heteroatoms. The molecule has 0 spiro atoms. The maximum atomic E-state index is 5.21. The number of aliphatic imine (C=N–C) groups is 1. The van der Waals surface area contributed by atoms with E-state index in [0.717, 1.165) is 44.3 Å². The van der Waals surface area contributed by atoms with Crippen molar-refractivity contribution in [1.29, 1.82) is 0 Å². The van der Waals surface area contributed by atoms with Crippen LogP contribution in [0.2, 0.25) is 0 Å². The molecule has 2 rings (SSSR count). The molecule has 0 radical (unpaired) electrons. The normalized spacial score (nSPS) is 12.2. The lowest BCUT2D eigenvalue weighted by molar-refractivity contribution is 0.414. The summed E-state index contributed by atoms with van der Waals surface area (Å²) in [5.74, 6) is 2.22. The third kappa shape index (κ3) is 7.63. The van der Waals surface area contributed by atoms with Gasteiger partial charge in [-0.05, 0) is 37.0 Å². The topological polar surface area (TPSA) is 63.5 Å². The predicted octanol–water partition coefficient (Wildman–Crippen LogP) is 3.26. The fraction of sp³-hybridized carbons (Fsp3) is 0.474. The van der Waals surface area contributed by atoms with Gasteiger partial charge in [0.05, 0.1) is 13.4 Å². The second kappa shape index (κ2) is 12.6. The molecule has 0 bridgehead atoms. The van der Waals surface area contributed by atoms with E-state index < -0.39 is 0 Å². The number of methoxy groups -OCH3 is 1. The van der Waals surface area contributed by atoms with Gasteiger partial charge in [-0.1, -0.05) is 19.1 Å². The molecule has 2 aromatic rings. The lowest BCUT2D eigenvalue weighted by Crippen LogP contribution is -2.38. The van der Waals surface area contributed by atoms with Crippen LogP contribution in [0.1, 0.15) is 31.7 Å². The SMILES string of the molecule is CCNC(=NCCC(C)c1ccc(OC)cc1)NCCn1ccnc1.I. The average molecular weight is 471 g/mol. The number of nitrogens with one attached hydrogen (secondary N) is 2. The Balaban J connectivity index is 0.00000338. The molecule has 0 saturated heterocycles. The van der Waals surface area contributed by atoms with Crippen LogP contribution in [0.4, 0.5) is 0 Å². The number of imidazole rings is 1. The summed E-state index contributed by atoms with van der Waals surface area (Å²) in [6.07, 6.45) is 6.58. The Morgan fingerprint density at radius 3 is 2.65 bits per heavy atom. The molecule has 1 aromatic heterocycles. The molecular formula is C19H30IN5O. The first-order valence-electron chi connectivity index (χ1n) is 8.84. The number of hydrogen-bond donors (Lipinski definition) is 2. The lowest BCUT2D eigenvalue weighted by Gasteiger charge is -2.14. The van der Waals surface area contributed by atoms with Crippen LogP contribution < -0.4 is 15.4 Å². The van der Waals surface area contributed by atoms with Crippen LogP contribution in [0.25, 0.3) is 0 Å². The number of nitrogens with zero attached hydrogens (tertiary/aromatic N) is 3. The first-order chi connectivity index (χ1) is 12.2. The largest absolute Gasteiger partial charge is 0.497 e. The van der Waals surface area contributed by atoms with Crippen molar-refractivity contribution in [2.24, 2.45) is 4.99 Å². The number of halogens is 1. The van der Waals surface area contributed by atoms with Gasteiger partial charge in [-0.2, -0.15) is 0 Å². The number of benzene rings is 1. The fourth-order valence-electron chi connectivity index (χ4n) is 2.53. The third-order valence-electron chi connectivity index (χ3n) is 4.08. The van der Waals surface area contributed by atoms with Crippen LogP contribution in [0.3, 0.4) is 0 Å². The molecule has 0 aliphatic carbocycles. The minimum atomic E-state index is 0. The van der Waals surface area contributed by atoms with Crippen molar-refractivity contribution in [3.05, 3.63) is 48.5 Å². The van der Waals surface area contributed by atoms with Gasteiger partial charge in [0.1, 0.15) is 5.75 Å². The first-order valence-corrected chi connectivity index (χ1v) is 8.84. The quantitative estimate of drug-likeness (QED) is 0.335. The molecule has 2 N–H and O–H groups in total. The van der Waals surface area contributed by atoms with Crippen LogP contribution in [0, 0.1) is 0 Å². The minimum absolute atomic E-state index is 0. The molecule has 0 amide bonds. The molecule has 26 heavy (non-hydrogen) atoms. The molecule has 0 saturated carbocycles. The van der Waals surface area contributed by atoms with Crippen molar-refractivity contribution in [1.82, 2.24) is 20.2 Å². The molecule has 1 unspecified atom stereocenters. The second-order valence-electron chi connectivity index (χ2n) is 5.95. The summed E-state index contributed by atoms with van der Waals surface area (Å²) in [6.45, 7) is 7.63. The van der Waals surface area contributed by atoms with Gasteiger partial charge in [0.15, 0.2) is 5.96 Å². The van der Waals surface area contributed by atoms with Crippen LogP contribution in [-0.4, -0.2) is 42.3 Å². The zero-order chi connectivity index (χ0) is 17.9. The van der Waals surface area contributed by atoms with E-state index in [-0.39, 0.29) is 24.0 Å². The molecule has 1 atom stereocenters. The third-order valence-corrected chi connectivity index (χ3v) is 4.08. The smallest absolute Gasteiger partial charge is 0.191 e. The van der Waals surface area contributed by atoms with Gasteiger partial charge in [-0.3, -0.25) is 4.99 Å². The van der Waals surface area contributed by atoms with Crippen LogP contribution in [0.5, 0.6) is 5.75 Å². The molecule has 6 nitrogen and oxygen atoms in total. The number of ether oxygens (including phenoxy) is 1. The highest BCUT2D eigenvalue weighted by Crippen LogP contribution is 2.21. The van der Waals surface area contributed by atoms with Crippen molar-refractivity contribution in [3.8, 4) is 5.75 Å². The van der Waals surface area contributed by atoms with E-state index in [2.05, 4.69) is 46.6 Å². The van der Waals surface area contributed by atoms with Crippen molar-refractivity contribution in [3.63, 3.8) is 0 Å². The summed E-state index contributed by atoms with van der Waals surface area (Å²) >= 11 is 0. The molecule has 1 aromatic carbocycles. The Morgan fingerprint density at radius 1 is 1.27 bits per heavy atom. The molecule has 0 fully saturated rings. The maximum absolute atomic E-state index is 5.21. The van der Waals surface area contributed by atoms with Gasteiger partial charge < -0.3 is 19.9 Å². The Hall–Kier alpha value is -1.77. The zero-order valence-corrected chi connectivity index (χ0v) is 18.1. The minimum Gasteiger partial charge on any atom is -0.497 e. The summed E-state index contributed by atoms with van der Waals surface area (Å²) in [5, 5.41) is 6.65. The molecule has 144 valence electrons. The highest BCUT2D eigenvalue weighted by Gasteiger charge is 2.06. The molecule has 0 aliphatic rings. The van der Waals surface area contributed by atoms with Gasteiger partial charge in [0.25, 0.3) is 0 Å². The van der Waals surface area contributed by atoms with Crippen molar-refractivity contribution < 1.29 is 4.74 Å². The van der Waals surface area contributed by atoms with Gasteiger partial charge >= 0.3 is 0 Å². The highest BCUT2D eigenvalue weighted by molar-refractivity contribution is 14.0. The summed E-state index contributed by atoms with van der Waals surface area (Å²) in [7, 11) is 1.69. The van der Waals surface area contributed by atoms with E-state index in [0.29, 0.717) is 5.92 Å². The summed E-state index contributed by atoms with van der Waals surface area (Å²) in [5.41, 5.74) is 1.31. The van der Waals surface area contributed by atoms with Crippen molar-refractivity contribution in [2.45, 2.75) is 32.7 Å². The Bertz CT molecular complexity index is 628. The van der Waals surface area contributed by atoms with E-state index in [1.165, 1.54) is 5.56 Å². The lowest BCUT2D eigenvalue weighted by atomic mass is 9.98. The van der Waals surface area contributed by atoms with E-state index in [4.69, 9.17) is 4.74 Å². The van der Waals surface area contributed by atoms with Crippen LogP contribution in [0.15, 0.2) is 48.0 Å². The Kier molecular flexibility index (Phi) is 10.8. The van der Waals surface area contributed by atoms with E-state index >= 15 is 0 Å².